The lowest BCUT2D eigenvalue weighted by atomic mass is 10.1. The van der Waals surface area contributed by atoms with Crippen LogP contribution in [0.3, 0.4) is 0 Å². The van der Waals surface area contributed by atoms with Gasteiger partial charge >= 0.3 is 0 Å². The summed E-state index contributed by atoms with van der Waals surface area (Å²) in [6, 6.07) is 19.8. The average molecular weight is 329 g/mol. The lowest BCUT2D eigenvalue weighted by Crippen LogP contribution is -2.12. The number of nitrogens with one attached hydrogen (secondary N) is 1. The Balaban J connectivity index is 1.61. The van der Waals surface area contributed by atoms with E-state index in [9.17, 15) is 9.59 Å². The number of fused-ring (bicyclic) bond motifs is 3. The van der Waals surface area contributed by atoms with Crippen molar-refractivity contribution in [2.75, 3.05) is 12.4 Å². The second kappa shape index (κ2) is 5.91. The Labute approximate surface area is 145 Å². The molecule has 0 bridgehead atoms. The van der Waals surface area contributed by atoms with Crippen molar-refractivity contribution in [2.45, 2.75) is 0 Å². The van der Waals surface area contributed by atoms with Gasteiger partial charge in [-0.15, -0.1) is 0 Å². The van der Waals surface area contributed by atoms with Crippen LogP contribution in [-0.4, -0.2) is 18.8 Å². The zero-order chi connectivity index (χ0) is 17.4. The maximum Gasteiger partial charge on any atom is 0.255 e. The van der Waals surface area contributed by atoms with Crippen LogP contribution in [0.4, 0.5) is 5.69 Å². The number of rotatable bonds is 3. The second-order valence-corrected chi connectivity index (χ2v) is 5.82. The summed E-state index contributed by atoms with van der Waals surface area (Å²) in [6.07, 6.45) is 0. The summed E-state index contributed by atoms with van der Waals surface area (Å²) in [5, 5.41) is 2.84. The number of ketones is 1. The summed E-state index contributed by atoms with van der Waals surface area (Å²) in [6.45, 7) is 0. The first-order chi connectivity index (χ1) is 12.2. The van der Waals surface area contributed by atoms with Crippen LogP contribution in [0.25, 0.3) is 11.1 Å². The minimum Gasteiger partial charge on any atom is -0.497 e. The van der Waals surface area contributed by atoms with Gasteiger partial charge in [0.05, 0.1) is 7.11 Å². The van der Waals surface area contributed by atoms with Gasteiger partial charge in [-0.3, -0.25) is 9.59 Å². The van der Waals surface area contributed by atoms with Crippen LogP contribution in [0, 0.1) is 0 Å². The maximum absolute atomic E-state index is 12.5. The minimum absolute atomic E-state index is 0.00820. The zero-order valence-electron chi connectivity index (χ0n) is 13.6. The first kappa shape index (κ1) is 15.1. The molecule has 1 N–H and O–H groups in total. The van der Waals surface area contributed by atoms with Gasteiger partial charge in [0, 0.05) is 22.4 Å². The molecule has 0 spiro atoms. The van der Waals surface area contributed by atoms with Gasteiger partial charge in [0.1, 0.15) is 5.75 Å². The molecule has 1 aliphatic carbocycles. The summed E-state index contributed by atoms with van der Waals surface area (Å²) in [4.78, 5) is 24.9. The fourth-order valence-corrected chi connectivity index (χ4v) is 3.05. The third kappa shape index (κ3) is 2.58. The molecule has 4 rings (SSSR count). The molecule has 0 aromatic heterocycles. The Kier molecular flexibility index (Phi) is 3.58. The second-order valence-electron chi connectivity index (χ2n) is 5.82. The van der Waals surface area contributed by atoms with Crippen LogP contribution in [0.1, 0.15) is 26.3 Å². The average Bonchev–Trinajstić information content (AvgIpc) is 2.94. The van der Waals surface area contributed by atoms with Crippen LogP contribution < -0.4 is 10.1 Å². The number of carbonyl (C=O) groups is 2. The van der Waals surface area contributed by atoms with Gasteiger partial charge in [-0.05, 0) is 47.5 Å². The summed E-state index contributed by atoms with van der Waals surface area (Å²) in [7, 11) is 1.58. The number of hydrogen-bond acceptors (Lipinski definition) is 3. The first-order valence-electron chi connectivity index (χ1n) is 7.91. The molecule has 0 unspecified atom stereocenters. The molecule has 0 saturated heterocycles. The van der Waals surface area contributed by atoms with Crippen LogP contribution in [0.2, 0.25) is 0 Å². The van der Waals surface area contributed by atoms with Gasteiger partial charge in [-0.2, -0.15) is 0 Å². The molecule has 25 heavy (non-hydrogen) atoms. The molecule has 0 saturated carbocycles. The normalized spacial score (nSPS) is 11.6. The summed E-state index contributed by atoms with van der Waals surface area (Å²) in [5.74, 6) is 0.453. The van der Waals surface area contributed by atoms with E-state index in [1.807, 2.05) is 36.4 Å². The Morgan fingerprint density at radius 2 is 1.52 bits per heavy atom. The maximum atomic E-state index is 12.5. The smallest absolute Gasteiger partial charge is 0.255 e. The van der Waals surface area contributed by atoms with Gasteiger partial charge in [-0.25, -0.2) is 0 Å². The Hall–Kier alpha value is -3.40. The first-order valence-corrected chi connectivity index (χ1v) is 7.91. The van der Waals surface area contributed by atoms with Crippen molar-refractivity contribution in [3.63, 3.8) is 0 Å². The summed E-state index contributed by atoms with van der Waals surface area (Å²) in [5.41, 5.74) is 4.29. The van der Waals surface area contributed by atoms with E-state index in [2.05, 4.69) is 5.32 Å². The number of methoxy groups -OCH3 is 1. The number of hydrogen-bond donors (Lipinski definition) is 1. The van der Waals surface area contributed by atoms with Crippen LogP contribution in [0.5, 0.6) is 5.75 Å². The molecule has 0 radical (unpaired) electrons. The molecule has 1 aliphatic rings. The standard InChI is InChI=1S/C21H15NO3/c1-25-15-9-6-13(7-10-15)21(24)22-14-8-11-17-16-4-2-3-5-18(16)20(23)19(17)12-14/h2-12H,1H3,(H,22,24). The van der Waals surface area contributed by atoms with Gasteiger partial charge in [0.15, 0.2) is 5.78 Å². The molecule has 0 atom stereocenters. The van der Waals surface area contributed by atoms with E-state index in [0.29, 0.717) is 28.1 Å². The van der Waals surface area contributed by atoms with Gasteiger partial charge in [0.25, 0.3) is 5.91 Å². The fraction of sp³-hybridized carbons (Fsp3) is 0.0476. The van der Waals surface area contributed by atoms with Crippen LogP contribution in [-0.2, 0) is 0 Å². The van der Waals surface area contributed by atoms with Crippen molar-refractivity contribution in [3.8, 4) is 16.9 Å². The molecule has 0 heterocycles. The Morgan fingerprint density at radius 1 is 0.840 bits per heavy atom. The largest absolute Gasteiger partial charge is 0.497 e. The highest BCUT2D eigenvalue weighted by Crippen LogP contribution is 2.37. The molecule has 0 aliphatic heterocycles. The number of anilines is 1. The lowest BCUT2D eigenvalue weighted by molar-refractivity contribution is 0.102. The minimum atomic E-state index is -0.231. The number of carbonyl (C=O) groups excluding carboxylic acids is 2. The van der Waals surface area contributed by atoms with Crippen molar-refractivity contribution < 1.29 is 14.3 Å². The molecule has 3 aromatic carbocycles. The summed E-state index contributed by atoms with van der Waals surface area (Å²) < 4.78 is 5.09. The van der Waals surface area contributed by atoms with E-state index < -0.39 is 0 Å². The molecule has 3 aromatic rings. The van der Waals surface area contributed by atoms with E-state index in [4.69, 9.17) is 4.74 Å². The van der Waals surface area contributed by atoms with Crippen molar-refractivity contribution >= 4 is 17.4 Å². The van der Waals surface area contributed by atoms with E-state index in [0.717, 1.165) is 11.1 Å². The lowest BCUT2D eigenvalue weighted by Gasteiger charge is -2.08. The van der Waals surface area contributed by atoms with Gasteiger partial charge < -0.3 is 10.1 Å². The van der Waals surface area contributed by atoms with Gasteiger partial charge in [-0.1, -0.05) is 30.3 Å². The zero-order valence-corrected chi connectivity index (χ0v) is 13.6. The Bertz CT molecular complexity index is 990. The molecule has 1 amide bonds. The highest BCUT2D eigenvalue weighted by Gasteiger charge is 2.26. The third-order valence-electron chi connectivity index (χ3n) is 4.34. The van der Waals surface area contributed by atoms with Crippen LogP contribution in [0.15, 0.2) is 66.7 Å². The predicted octanol–water partition coefficient (Wildman–Crippen LogP) is 4.16. The molecule has 4 nitrogen and oxygen atoms in total. The van der Waals surface area contributed by atoms with Gasteiger partial charge in [0.2, 0.25) is 0 Å². The highest BCUT2D eigenvalue weighted by molar-refractivity contribution is 6.22. The quantitative estimate of drug-likeness (QED) is 0.614. The predicted molar refractivity (Wildman–Crippen MR) is 96.3 cm³/mol. The monoisotopic (exact) mass is 329 g/mol. The van der Waals surface area contributed by atoms with Crippen LogP contribution >= 0.6 is 0 Å². The molecule has 122 valence electrons. The number of amides is 1. The van der Waals surface area contributed by atoms with Crippen molar-refractivity contribution in [3.05, 3.63) is 83.4 Å². The topological polar surface area (TPSA) is 55.4 Å². The highest BCUT2D eigenvalue weighted by atomic mass is 16.5. The molecule has 0 fully saturated rings. The van der Waals surface area contributed by atoms with Crippen molar-refractivity contribution in [1.29, 1.82) is 0 Å². The SMILES string of the molecule is COc1ccc(C(=O)Nc2ccc3c(c2)C(=O)c2ccccc2-3)cc1. The van der Waals surface area contributed by atoms with Crippen molar-refractivity contribution in [1.82, 2.24) is 0 Å². The van der Waals surface area contributed by atoms with E-state index in [-0.39, 0.29) is 11.7 Å². The van der Waals surface area contributed by atoms with E-state index >= 15 is 0 Å². The Morgan fingerprint density at radius 3 is 2.24 bits per heavy atom. The molecule has 4 heteroatoms. The molecular formula is C21H15NO3. The third-order valence-corrected chi connectivity index (χ3v) is 4.34. The number of benzene rings is 3. The fourth-order valence-electron chi connectivity index (χ4n) is 3.05. The van der Waals surface area contributed by atoms with E-state index in [1.165, 1.54) is 0 Å². The summed E-state index contributed by atoms with van der Waals surface area (Å²) >= 11 is 0. The van der Waals surface area contributed by atoms with E-state index in [1.54, 1.807) is 37.4 Å². The molecular weight excluding hydrogens is 314 g/mol. The van der Waals surface area contributed by atoms with Crippen molar-refractivity contribution in [2.24, 2.45) is 0 Å². The number of ether oxygens (including phenoxy) is 1.